The van der Waals surface area contributed by atoms with Crippen molar-refractivity contribution >= 4 is 0 Å². The Bertz CT molecular complexity index is 275. The predicted molar refractivity (Wildman–Crippen MR) is 56.3 cm³/mol. The molecule has 1 fully saturated rings. The highest BCUT2D eigenvalue weighted by Gasteiger charge is 2.15. The van der Waals surface area contributed by atoms with E-state index in [1.807, 2.05) is 12.4 Å². The molecule has 1 aliphatic heterocycles. The van der Waals surface area contributed by atoms with E-state index in [4.69, 9.17) is 0 Å². The van der Waals surface area contributed by atoms with E-state index in [2.05, 4.69) is 22.2 Å². The van der Waals surface area contributed by atoms with Crippen molar-refractivity contribution in [3.63, 3.8) is 0 Å². The number of nitrogens with one attached hydrogen (secondary N) is 1. The molecule has 0 amide bonds. The van der Waals surface area contributed by atoms with Crippen LogP contribution in [-0.4, -0.2) is 23.1 Å². The molecule has 2 rings (SSSR count). The van der Waals surface area contributed by atoms with Gasteiger partial charge < -0.3 is 5.32 Å². The molecule has 2 heterocycles. The van der Waals surface area contributed by atoms with Crippen molar-refractivity contribution in [1.29, 1.82) is 0 Å². The largest absolute Gasteiger partial charge is 0.317 e. The summed E-state index contributed by atoms with van der Waals surface area (Å²) in [5.41, 5.74) is 1.31. The van der Waals surface area contributed by atoms with Gasteiger partial charge >= 0.3 is 0 Å². The van der Waals surface area contributed by atoms with Crippen LogP contribution in [0.4, 0.5) is 0 Å². The average Bonchev–Trinajstić information content (AvgIpc) is 2.30. The zero-order chi connectivity index (χ0) is 9.80. The van der Waals surface area contributed by atoms with E-state index in [9.17, 15) is 0 Å². The van der Waals surface area contributed by atoms with Crippen molar-refractivity contribution in [3.05, 3.63) is 23.8 Å². The van der Waals surface area contributed by atoms with E-state index in [0.717, 1.165) is 25.3 Å². The summed E-state index contributed by atoms with van der Waals surface area (Å²) < 4.78 is 0. The lowest BCUT2D eigenvalue weighted by Gasteiger charge is -2.22. The van der Waals surface area contributed by atoms with Crippen LogP contribution in [0.3, 0.4) is 0 Å². The van der Waals surface area contributed by atoms with Gasteiger partial charge in [0, 0.05) is 18.8 Å². The van der Waals surface area contributed by atoms with Gasteiger partial charge in [-0.2, -0.15) is 0 Å². The van der Waals surface area contributed by atoms with Crippen LogP contribution < -0.4 is 5.32 Å². The van der Waals surface area contributed by atoms with Gasteiger partial charge in [-0.25, -0.2) is 9.97 Å². The minimum absolute atomic E-state index is 0.669. The van der Waals surface area contributed by atoms with Gasteiger partial charge in [0.1, 0.15) is 5.82 Å². The molecule has 0 radical (unpaired) electrons. The van der Waals surface area contributed by atoms with Gasteiger partial charge in [0.25, 0.3) is 0 Å². The molecule has 3 nitrogen and oxygen atoms in total. The molecule has 0 aliphatic carbocycles. The Balaban J connectivity index is 2.07. The summed E-state index contributed by atoms with van der Waals surface area (Å²) in [5, 5.41) is 3.37. The van der Waals surface area contributed by atoms with E-state index in [1.165, 1.54) is 18.4 Å². The van der Waals surface area contributed by atoms with Gasteiger partial charge in [0.15, 0.2) is 0 Å². The van der Waals surface area contributed by atoms with Crippen LogP contribution in [0.2, 0.25) is 0 Å². The summed E-state index contributed by atoms with van der Waals surface area (Å²) in [6.45, 7) is 4.33. The van der Waals surface area contributed by atoms with Gasteiger partial charge in [0.05, 0.1) is 0 Å². The fraction of sp³-hybridized carbons (Fsp3) is 0.636. The Kier molecular flexibility index (Phi) is 3.09. The SMILES string of the molecule is CCc1ncc(C2CCNCC2)cn1. The summed E-state index contributed by atoms with van der Waals surface area (Å²) in [4.78, 5) is 8.68. The zero-order valence-corrected chi connectivity index (χ0v) is 8.66. The molecule has 0 saturated carbocycles. The highest BCUT2D eigenvalue weighted by molar-refractivity contribution is 5.12. The predicted octanol–water partition coefficient (Wildman–Crippen LogP) is 1.51. The lowest BCUT2D eigenvalue weighted by Crippen LogP contribution is -2.26. The lowest BCUT2D eigenvalue weighted by molar-refractivity contribution is 0.458. The summed E-state index contributed by atoms with van der Waals surface area (Å²) >= 11 is 0. The Labute approximate surface area is 85.0 Å². The Morgan fingerprint density at radius 1 is 1.29 bits per heavy atom. The number of nitrogens with zero attached hydrogens (tertiary/aromatic N) is 2. The molecule has 1 N–H and O–H groups in total. The second kappa shape index (κ2) is 4.51. The summed E-state index contributed by atoms with van der Waals surface area (Å²) in [5.74, 6) is 1.62. The standard InChI is InChI=1S/C11H17N3/c1-2-11-13-7-10(8-14-11)9-3-5-12-6-4-9/h7-9,12H,2-6H2,1H3. The van der Waals surface area contributed by atoms with Crippen LogP contribution in [0.25, 0.3) is 0 Å². The molecule has 0 atom stereocenters. The van der Waals surface area contributed by atoms with Gasteiger partial charge in [-0.1, -0.05) is 6.92 Å². The molecule has 76 valence electrons. The molecule has 3 heteroatoms. The van der Waals surface area contributed by atoms with Crippen LogP contribution in [0.5, 0.6) is 0 Å². The third kappa shape index (κ3) is 2.10. The monoisotopic (exact) mass is 191 g/mol. The average molecular weight is 191 g/mol. The minimum atomic E-state index is 0.669. The van der Waals surface area contributed by atoms with Crippen LogP contribution in [0.15, 0.2) is 12.4 Å². The number of aryl methyl sites for hydroxylation is 1. The normalized spacial score (nSPS) is 18.4. The van der Waals surface area contributed by atoms with Crippen molar-refractivity contribution in [2.45, 2.75) is 32.1 Å². The van der Waals surface area contributed by atoms with Crippen molar-refractivity contribution in [3.8, 4) is 0 Å². The number of hydrogen-bond donors (Lipinski definition) is 1. The van der Waals surface area contributed by atoms with Crippen molar-refractivity contribution in [2.24, 2.45) is 0 Å². The van der Waals surface area contributed by atoms with E-state index >= 15 is 0 Å². The molecule has 1 aromatic heterocycles. The van der Waals surface area contributed by atoms with Crippen molar-refractivity contribution in [1.82, 2.24) is 15.3 Å². The molecule has 0 aromatic carbocycles. The molecular weight excluding hydrogens is 174 g/mol. The fourth-order valence-electron chi connectivity index (χ4n) is 1.91. The molecule has 1 aromatic rings. The first kappa shape index (κ1) is 9.59. The van der Waals surface area contributed by atoms with Crippen LogP contribution in [0, 0.1) is 0 Å². The molecular formula is C11H17N3. The third-order valence-corrected chi connectivity index (χ3v) is 2.85. The van der Waals surface area contributed by atoms with E-state index in [1.54, 1.807) is 0 Å². The lowest BCUT2D eigenvalue weighted by atomic mass is 9.92. The Morgan fingerprint density at radius 3 is 2.50 bits per heavy atom. The maximum Gasteiger partial charge on any atom is 0.127 e. The molecule has 0 unspecified atom stereocenters. The maximum absolute atomic E-state index is 4.34. The van der Waals surface area contributed by atoms with Crippen molar-refractivity contribution < 1.29 is 0 Å². The Morgan fingerprint density at radius 2 is 1.93 bits per heavy atom. The van der Waals surface area contributed by atoms with Crippen LogP contribution >= 0.6 is 0 Å². The van der Waals surface area contributed by atoms with Gasteiger partial charge in [0.2, 0.25) is 0 Å². The molecule has 1 aliphatic rings. The maximum atomic E-state index is 4.34. The molecule has 0 bridgehead atoms. The second-order valence-corrected chi connectivity index (χ2v) is 3.81. The summed E-state index contributed by atoms with van der Waals surface area (Å²) in [6, 6.07) is 0. The Hall–Kier alpha value is -0.960. The van der Waals surface area contributed by atoms with E-state index < -0.39 is 0 Å². The van der Waals surface area contributed by atoms with Crippen LogP contribution in [0.1, 0.15) is 37.1 Å². The zero-order valence-electron chi connectivity index (χ0n) is 8.66. The summed E-state index contributed by atoms with van der Waals surface area (Å²) in [7, 11) is 0. The smallest absolute Gasteiger partial charge is 0.127 e. The van der Waals surface area contributed by atoms with Crippen LogP contribution in [-0.2, 0) is 6.42 Å². The first-order chi connectivity index (χ1) is 6.90. The first-order valence-electron chi connectivity index (χ1n) is 5.41. The van der Waals surface area contributed by atoms with Gasteiger partial charge in [-0.3, -0.25) is 0 Å². The second-order valence-electron chi connectivity index (χ2n) is 3.81. The van der Waals surface area contributed by atoms with Gasteiger partial charge in [-0.15, -0.1) is 0 Å². The third-order valence-electron chi connectivity index (χ3n) is 2.85. The number of piperidine rings is 1. The number of aromatic nitrogens is 2. The van der Waals surface area contributed by atoms with E-state index in [0.29, 0.717) is 5.92 Å². The first-order valence-corrected chi connectivity index (χ1v) is 5.41. The van der Waals surface area contributed by atoms with E-state index in [-0.39, 0.29) is 0 Å². The topological polar surface area (TPSA) is 37.8 Å². The van der Waals surface area contributed by atoms with Gasteiger partial charge in [-0.05, 0) is 37.4 Å². The highest BCUT2D eigenvalue weighted by Crippen LogP contribution is 2.23. The molecule has 0 spiro atoms. The quantitative estimate of drug-likeness (QED) is 0.770. The fourth-order valence-corrected chi connectivity index (χ4v) is 1.91. The molecule has 14 heavy (non-hydrogen) atoms. The highest BCUT2D eigenvalue weighted by atomic mass is 14.9. The van der Waals surface area contributed by atoms with Crippen molar-refractivity contribution in [2.75, 3.05) is 13.1 Å². The number of rotatable bonds is 2. The molecule has 1 saturated heterocycles. The summed E-state index contributed by atoms with van der Waals surface area (Å²) in [6.07, 6.45) is 7.36. The minimum Gasteiger partial charge on any atom is -0.317 e. The number of hydrogen-bond acceptors (Lipinski definition) is 3.